The highest BCUT2D eigenvalue weighted by molar-refractivity contribution is 5.76. The van der Waals surface area contributed by atoms with Crippen LogP contribution in [0.5, 0.6) is 0 Å². The van der Waals surface area contributed by atoms with E-state index in [9.17, 15) is 19.8 Å². The number of carbonyl (C=O) groups is 2. The maximum atomic E-state index is 12.4. The largest absolute Gasteiger partial charge is 0.466 e. The van der Waals surface area contributed by atoms with E-state index in [-0.39, 0.29) is 18.5 Å². The van der Waals surface area contributed by atoms with Crippen LogP contribution in [0.15, 0.2) is 0 Å². The van der Waals surface area contributed by atoms with Crippen molar-refractivity contribution in [2.24, 2.45) is 0 Å². The second kappa shape index (κ2) is 51.5. The Labute approximate surface area is 381 Å². The van der Waals surface area contributed by atoms with E-state index in [1.165, 1.54) is 244 Å². The molecule has 0 aliphatic carbocycles. The topological polar surface area (TPSA) is 95.9 Å². The first-order valence-corrected chi connectivity index (χ1v) is 27.8. The molecule has 0 aromatic rings. The van der Waals surface area contributed by atoms with Crippen LogP contribution < -0.4 is 5.32 Å². The normalized spacial score (nSPS) is 12.5. The molecule has 0 spiro atoms. The molecular formula is C55H109NO5. The molecule has 0 saturated heterocycles. The molecule has 0 fully saturated rings. The zero-order valence-corrected chi connectivity index (χ0v) is 41.4. The zero-order valence-electron chi connectivity index (χ0n) is 41.4. The van der Waals surface area contributed by atoms with Gasteiger partial charge in [0.2, 0.25) is 5.91 Å². The van der Waals surface area contributed by atoms with Crippen molar-refractivity contribution in [3.8, 4) is 0 Å². The Morgan fingerprint density at radius 1 is 0.393 bits per heavy atom. The number of aliphatic hydroxyl groups excluding tert-OH is 2. The van der Waals surface area contributed by atoms with Gasteiger partial charge in [-0.25, -0.2) is 0 Å². The molecule has 1 amide bonds. The monoisotopic (exact) mass is 864 g/mol. The Morgan fingerprint density at radius 2 is 0.672 bits per heavy atom. The summed E-state index contributed by atoms with van der Waals surface area (Å²) in [5.41, 5.74) is 0. The molecule has 6 nitrogen and oxygen atoms in total. The van der Waals surface area contributed by atoms with Crippen LogP contribution in [0.3, 0.4) is 0 Å². The molecule has 3 N–H and O–H groups in total. The summed E-state index contributed by atoms with van der Waals surface area (Å²) in [6.45, 7) is 4.95. The van der Waals surface area contributed by atoms with E-state index in [2.05, 4.69) is 19.2 Å². The van der Waals surface area contributed by atoms with Crippen molar-refractivity contribution in [1.82, 2.24) is 5.32 Å². The third-order valence-corrected chi connectivity index (χ3v) is 13.2. The highest BCUT2D eigenvalue weighted by Gasteiger charge is 2.20. The molecule has 2 unspecified atom stereocenters. The molecule has 0 aromatic heterocycles. The first-order chi connectivity index (χ1) is 30.0. The van der Waals surface area contributed by atoms with E-state index in [1.54, 1.807) is 0 Å². The van der Waals surface area contributed by atoms with Crippen LogP contribution in [0.25, 0.3) is 0 Å². The number of hydrogen-bond donors (Lipinski definition) is 3. The van der Waals surface area contributed by atoms with Crippen molar-refractivity contribution in [1.29, 1.82) is 0 Å². The van der Waals surface area contributed by atoms with Crippen LogP contribution in [-0.2, 0) is 14.3 Å². The minimum atomic E-state index is -0.666. The van der Waals surface area contributed by atoms with E-state index in [0.717, 1.165) is 38.5 Å². The fourth-order valence-electron chi connectivity index (χ4n) is 8.88. The summed E-state index contributed by atoms with van der Waals surface area (Å²) in [7, 11) is 0. The predicted octanol–water partition coefficient (Wildman–Crippen LogP) is 16.7. The number of amides is 1. The summed E-state index contributed by atoms with van der Waals surface area (Å²) in [6.07, 6.45) is 58.0. The van der Waals surface area contributed by atoms with Crippen LogP contribution in [0.4, 0.5) is 0 Å². The third kappa shape index (κ3) is 48.2. The molecule has 364 valence electrons. The Morgan fingerprint density at radius 3 is 1.00 bits per heavy atom. The average Bonchev–Trinajstić information content (AvgIpc) is 3.26. The van der Waals surface area contributed by atoms with Gasteiger partial charge < -0.3 is 20.3 Å². The number of rotatable bonds is 52. The van der Waals surface area contributed by atoms with Gasteiger partial charge in [-0.1, -0.05) is 277 Å². The fourth-order valence-corrected chi connectivity index (χ4v) is 8.88. The lowest BCUT2D eigenvalue weighted by Crippen LogP contribution is -2.45. The smallest absolute Gasteiger partial charge is 0.305 e. The van der Waals surface area contributed by atoms with Gasteiger partial charge in [-0.3, -0.25) is 9.59 Å². The number of esters is 1. The Balaban J connectivity index is 3.37. The highest BCUT2D eigenvalue weighted by Crippen LogP contribution is 2.18. The van der Waals surface area contributed by atoms with Gasteiger partial charge >= 0.3 is 5.97 Å². The lowest BCUT2D eigenvalue weighted by molar-refractivity contribution is -0.143. The lowest BCUT2D eigenvalue weighted by Gasteiger charge is -2.22. The van der Waals surface area contributed by atoms with Crippen molar-refractivity contribution < 1.29 is 24.5 Å². The standard InChI is InChI=1S/C55H109NO5/c1-3-5-7-9-11-13-15-16-17-18-22-25-29-33-37-41-45-49-55(60)61-50-46-42-38-34-30-26-23-20-19-21-24-28-32-36-40-44-48-54(59)56-52(51-57)53(58)47-43-39-35-31-27-14-12-10-8-6-4-2/h52-53,57-58H,3-51H2,1-2H3,(H,56,59). The van der Waals surface area contributed by atoms with Gasteiger partial charge in [0.1, 0.15) is 0 Å². The van der Waals surface area contributed by atoms with E-state index < -0.39 is 12.1 Å². The number of hydrogen-bond acceptors (Lipinski definition) is 5. The third-order valence-electron chi connectivity index (χ3n) is 13.2. The quantitative estimate of drug-likeness (QED) is 0.0418. The summed E-state index contributed by atoms with van der Waals surface area (Å²) >= 11 is 0. The molecular weight excluding hydrogens is 755 g/mol. The predicted molar refractivity (Wildman–Crippen MR) is 264 cm³/mol. The Bertz CT molecular complexity index is 867. The summed E-state index contributed by atoms with van der Waals surface area (Å²) in [5.74, 6) is -0.0334. The maximum Gasteiger partial charge on any atom is 0.305 e. The van der Waals surface area contributed by atoms with Gasteiger partial charge in [-0.2, -0.15) is 0 Å². The van der Waals surface area contributed by atoms with Crippen molar-refractivity contribution >= 4 is 11.9 Å². The second-order valence-electron chi connectivity index (χ2n) is 19.3. The minimum absolute atomic E-state index is 0.00769. The van der Waals surface area contributed by atoms with Crippen LogP contribution >= 0.6 is 0 Å². The molecule has 0 radical (unpaired) electrons. The van der Waals surface area contributed by atoms with Crippen LogP contribution in [0, 0.1) is 0 Å². The van der Waals surface area contributed by atoms with Crippen LogP contribution in [-0.4, -0.2) is 47.4 Å². The van der Waals surface area contributed by atoms with E-state index >= 15 is 0 Å². The van der Waals surface area contributed by atoms with Gasteiger partial charge in [0.25, 0.3) is 0 Å². The highest BCUT2D eigenvalue weighted by atomic mass is 16.5. The van der Waals surface area contributed by atoms with Crippen molar-refractivity contribution in [3.05, 3.63) is 0 Å². The first kappa shape index (κ1) is 59.9. The number of unbranched alkanes of at least 4 members (excludes halogenated alkanes) is 41. The Kier molecular flexibility index (Phi) is 50.5. The van der Waals surface area contributed by atoms with E-state index in [1.807, 2.05) is 0 Å². The van der Waals surface area contributed by atoms with Gasteiger partial charge in [0.15, 0.2) is 0 Å². The number of aliphatic hydroxyl groups is 2. The SMILES string of the molecule is CCCCCCCCCCCCCCCCCCCC(=O)OCCCCCCCCCCCCCCCCCCC(=O)NC(CO)C(O)CCCCCCCCCCCCC. The summed E-state index contributed by atoms with van der Waals surface area (Å²) < 4.78 is 5.49. The summed E-state index contributed by atoms with van der Waals surface area (Å²) in [5, 5.41) is 23.2. The summed E-state index contributed by atoms with van der Waals surface area (Å²) in [4.78, 5) is 24.5. The molecule has 0 rings (SSSR count). The molecule has 0 heterocycles. The van der Waals surface area contributed by atoms with Crippen LogP contribution in [0.1, 0.15) is 316 Å². The van der Waals surface area contributed by atoms with Gasteiger partial charge in [-0.05, 0) is 25.7 Å². The van der Waals surface area contributed by atoms with Gasteiger partial charge in [0.05, 0.1) is 25.4 Å². The average molecular weight is 864 g/mol. The molecule has 61 heavy (non-hydrogen) atoms. The van der Waals surface area contributed by atoms with E-state index in [0.29, 0.717) is 25.9 Å². The van der Waals surface area contributed by atoms with Crippen molar-refractivity contribution in [2.75, 3.05) is 13.2 Å². The fraction of sp³-hybridized carbons (Fsp3) is 0.964. The van der Waals surface area contributed by atoms with Crippen molar-refractivity contribution in [3.63, 3.8) is 0 Å². The molecule has 2 atom stereocenters. The minimum Gasteiger partial charge on any atom is -0.466 e. The molecule has 0 aliphatic heterocycles. The number of carbonyl (C=O) groups excluding carboxylic acids is 2. The van der Waals surface area contributed by atoms with Gasteiger partial charge in [0, 0.05) is 12.8 Å². The molecule has 0 saturated carbocycles. The molecule has 0 aliphatic rings. The molecule has 6 heteroatoms. The Hall–Kier alpha value is -1.14. The van der Waals surface area contributed by atoms with E-state index in [4.69, 9.17) is 4.74 Å². The molecule has 0 bridgehead atoms. The zero-order chi connectivity index (χ0) is 44.4. The van der Waals surface area contributed by atoms with Crippen LogP contribution in [0.2, 0.25) is 0 Å². The van der Waals surface area contributed by atoms with Crippen molar-refractivity contribution in [2.45, 2.75) is 328 Å². The first-order valence-electron chi connectivity index (χ1n) is 27.8. The number of nitrogens with one attached hydrogen (secondary N) is 1. The number of ether oxygens (including phenoxy) is 1. The second-order valence-corrected chi connectivity index (χ2v) is 19.3. The maximum absolute atomic E-state index is 12.4. The molecule has 0 aromatic carbocycles. The van der Waals surface area contributed by atoms with Gasteiger partial charge in [-0.15, -0.1) is 0 Å². The summed E-state index contributed by atoms with van der Waals surface area (Å²) in [6, 6.07) is -0.543. The lowest BCUT2D eigenvalue weighted by atomic mass is 10.0.